The lowest BCUT2D eigenvalue weighted by Gasteiger charge is -2.42. The van der Waals surface area contributed by atoms with Crippen LogP contribution in [0.4, 0.5) is 17.1 Å². The van der Waals surface area contributed by atoms with Gasteiger partial charge in [-0.05, 0) is 99.0 Å². The highest BCUT2D eigenvalue weighted by molar-refractivity contribution is 5.91. The first-order valence-electron chi connectivity index (χ1n) is 20.6. The van der Waals surface area contributed by atoms with Crippen molar-refractivity contribution in [1.82, 2.24) is 0 Å². The molecular formula is C58H45N. The number of anilines is 3. The van der Waals surface area contributed by atoms with Crippen LogP contribution < -0.4 is 4.90 Å². The fourth-order valence-electron chi connectivity index (χ4n) is 9.85. The summed E-state index contributed by atoms with van der Waals surface area (Å²) in [7, 11) is 0. The summed E-state index contributed by atoms with van der Waals surface area (Å²) in [6.45, 7) is 6.73. The molecule has 8 aromatic rings. The first-order chi connectivity index (χ1) is 29.1. The Kier molecular flexibility index (Phi) is 9.35. The molecule has 2 aliphatic rings. The van der Waals surface area contributed by atoms with Crippen LogP contribution in [0.25, 0.3) is 33.4 Å². The maximum atomic E-state index is 4.57. The fraction of sp³-hybridized carbons (Fsp3) is 0.0690. The van der Waals surface area contributed by atoms with Crippen LogP contribution >= 0.6 is 0 Å². The van der Waals surface area contributed by atoms with Crippen LogP contribution in [0.1, 0.15) is 35.1 Å². The van der Waals surface area contributed by atoms with Crippen LogP contribution in [-0.2, 0) is 5.41 Å². The van der Waals surface area contributed by atoms with Crippen molar-refractivity contribution < 1.29 is 0 Å². The van der Waals surface area contributed by atoms with E-state index in [9.17, 15) is 0 Å². The molecule has 1 nitrogen and oxygen atoms in total. The fourth-order valence-corrected chi connectivity index (χ4v) is 9.85. The third-order valence-corrected chi connectivity index (χ3v) is 12.4. The molecule has 10 rings (SSSR count). The van der Waals surface area contributed by atoms with E-state index in [1.54, 1.807) is 0 Å². The molecule has 2 atom stereocenters. The van der Waals surface area contributed by atoms with Gasteiger partial charge in [-0.1, -0.05) is 206 Å². The van der Waals surface area contributed by atoms with Gasteiger partial charge in [0.2, 0.25) is 0 Å². The topological polar surface area (TPSA) is 3.24 Å². The standard InChI is InChI=1S/C58H45N/c1-41(2)51-29-18-30-53-52-37-36-50(40-55(52)58(57(51)53,47-25-14-6-15-26-47)48-27-16-7-17-28-48)59(49-34-31-44(32-35-49)42-19-8-3-9-20-42)56-38-33-46(43-21-10-4-11-22-43)39-54(56)45-23-12-5-13-24-45/h3-40,53,57H,1H2,2H3. The molecule has 0 bridgehead atoms. The molecule has 0 heterocycles. The predicted molar refractivity (Wildman–Crippen MR) is 248 cm³/mol. The Hall–Kier alpha value is -7.22. The monoisotopic (exact) mass is 755 g/mol. The van der Waals surface area contributed by atoms with Crippen LogP contribution in [0.15, 0.2) is 248 Å². The van der Waals surface area contributed by atoms with Crippen LogP contribution in [0.2, 0.25) is 0 Å². The summed E-state index contributed by atoms with van der Waals surface area (Å²) in [4.78, 5) is 2.47. The summed E-state index contributed by atoms with van der Waals surface area (Å²) in [6.07, 6.45) is 6.97. The zero-order valence-corrected chi connectivity index (χ0v) is 33.2. The summed E-state index contributed by atoms with van der Waals surface area (Å²) in [6, 6.07) is 77.8. The van der Waals surface area contributed by atoms with Crippen molar-refractivity contribution in [3.63, 3.8) is 0 Å². The van der Waals surface area contributed by atoms with Gasteiger partial charge >= 0.3 is 0 Å². The average molecular weight is 756 g/mol. The van der Waals surface area contributed by atoms with Gasteiger partial charge in [-0.2, -0.15) is 0 Å². The SMILES string of the molecule is C=C(C)C1=CC=CC2c3ccc(N(c4ccc(-c5ccccc5)cc4)c4ccc(-c5ccccc5)cc4-c4ccccc4)cc3C(c3ccccc3)(c3ccccc3)C12. The Morgan fingerprint density at radius 2 is 0.983 bits per heavy atom. The van der Waals surface area contributed by atoms with Crippen molar-refractivity contribution in [2.24, 2.45) is 5.92 Å². The normalized spacial score (nSPS) is 16.1. The van der Waals surface area contributed by atoms with Crippen LogP contribution in [0.5, 0.6) is 0 Å². The van der Waals surface area contributed by atoms with Crippen molar-refractivity contribution in [2.45, 2.75) is 18.3 Å². The molecule has 282 valence electrons. The number of hydrogen-bond acceptors (Lipinski definition) is 1. The number of rotatable bonds is 9. The molecule has 0 saturated carbocycles. The van der Waals surface area contributed by atoms with E-state index >= 15 is 0 Å². The minimum Gasteiger partial charge on any atom is -0.310 e. The van der Waals surface area contributed by atoms with Gasteiger partial charge in [0, 0.05) is 28.8 Å². The van der Waals surface area contributed by atoms with E-state index in [0.29, 0.717) is 0 Å². The summed E-state index contributed by atoms with van der Waals surface area (Å²) < 4.78 is 0. The largest absolute Gasteiger partial charge is 0.310 e. The molecule has 0 aromatic heterocycles. The van der Waals surface area contributed by atoms with Crippen molar-refractivity contribution in [2.75, 3.05) is 4.90 Å². The van der Waals surface area contributed by atoms with Crippen molar-refractivity contribution in [1.29, 1.82) is 0 Å². The molecule has 0 saturated heterocycles. The van der Waals surface area contributed by atoms with Gasteiger partial charge in [-0.3, -0.25) is 0 Å². The summed E-state index contributed by atoms with van der Waals surface area (Å²) in [5.41, 5.74) is 17.6. The maximum absolute atomic E-state index is 4.57. The molecule has 0 radical (unpaired) electrons. The third kappa shape index (κ3) is 6.27. The number of benzene rings is 8. The minimum absolute atomic E-state index is 0.128. The van der Waals surface area contributed by atoms with Gasteiger partial charge in [0.25, 0.3) is 0 Å². The second-order valence-electron chi connectivity index (χ2n) is 15.8. The Labute approximate surface area is 348 Å². The highest BCUT2D eigenvalue weighted by atomic mass is 15.1. The molecule has 1 heteroatoms. The van der Waals surface area contributed by atoms with Gasteiger partial charge in [-0.25, -0.2) is 0 Å². The average Bonchev–Trinajstić information content (AvgIpc) is 3.61. The number of allylic oxidation sites excluding steroid dienone is 5. The smallest absolute Gasteiger partial charge is 0.0540 e. The van der Waals surface area contributed by atoms with Gasteiger partial charge < -0.3 is 4.90 Å². The Morgan fingerprint density at radius 3 is 1.56 bits per heavy atom. The molecule has 2 unspecified atom stereocenters. The quantitative estimate of drug-likeness (QED) is 0.142. The molecule has 0 spiro atoms. The highest BCUT2D eigenvalue weighted by Gasteiger charge is 2.55. The molecule has 0 amide bonds. The lowest BCUT2D eigenvalue weighted by molar-refractivity contribution is 0.437. The van der Waals surface area contributed by atoms with E-state index in [1.165, 1.54) is 61.2 Å². The second-order valence-corrected chi connectivity index (χ2v) is 15.8. The zero-order chi connectivity index (χ0) is 39.8. The van der Waals surface area contributed by atoms with Gasteiger partial charge in [0.05, 0.1) is 11.1 Å². The van der Waals surface area contributed by atoms with Gasteiger partial charge in [0.1, 0.15) is 0 Å². The summed E-state index contributed by atoms with van der Waals surface area (Å²) in [5, 5.41) is 0. The lowest BCUT2D eigenvalue weighted by atomic mass is 9.60. The van der Waals surface area contributed by atoms with Crippen molar-refractivity contribution in [3.05, 3.63) is 271 Å². The third-order valence-electron chi connectivity index (χ3n) is 12.4. The first kappa shape index (κ1) is 36.1. The summed E-state index contributed by atoms with van der Waals surface area (Å²) >= 11 is 0. The summed E-state index contributed by atoms with van der Waals surface area (Å²) in [5.74, 6) is 0.309. The van der Waals surface area contributed by atoms with E-state index in [-0.39, 0.29) is 11.8 Å². The number of nitrogens with zero attached hydrogens (tertiary/aromatic N) is 1. The lowest BCUT2D eigenvalue weighted by Crippen LogP contribution is -2.37. The van der Waals surface area contributed by atoms with E-state index in [0.717, 1.165) is 22.6 Å². The Morgan fingerprint density at radius 1 is 0.492 bits per heavy atom. The van der Waals surface area contributed by atoms with E-state index in [4.69, 9.17) is 0 Å². The maximum Gasteiger partial charge on any atom is 0.0540 e. The van der Waals surface area contributed by atoms with Crippen molar-refractivity contribution in [3.8, 4) is 33.4 Å². The molecule has 0 fully saturated rings. The van der Waals surface area contributed by atoms with Crippen molar-refractivity contribution >= 4 is 17.1 Å². The minimum atomic E-state index is -0.476. The second kappa shape index (κ2) is 15.3. The van der Waals surface area contributed by atoms with Crippen LogP contribution in [-0.4, -0.2) is 0 Å². The van der Waals surface area contributed by atoms with Gasteiger partial charge in [0.15, 0.2) is 0 Å². The molecule has 8 aromatic carbocycles. The van der Waals surface area contributed by atoms with Crippen LogP contribution in [0.3, 0.4) is 0 Å². The zero-order valence-electron chi connectivity index (χ0n) is 33.2. The van der Waals surface area contributed by atoms with E-state index < -0.39 is 5.41 Å². The molecule has 0 aliphatic heterocycles. The van der Waals surface area contributed by atoms with Crippen LogP contribution in [0, 0.1) is 5.92 Å². The first-order valence-corrected chi connectivity index (χ1v) is 20.6. The Balaban J connectivity index is 1.25. The number of hydrogen-bond donors (Lipinski definition) is 0. The number of fused-ring (bicyclic) bond motifs is 3. The van der Waals surface area contributed by atoms with E-state index in [1.807, 2.05) is 0 Å². The molecule has 2 aliphatic carbocycles. The van der Waals surface area contributed by atoms with E-state index in [2.05, 4.69) is 249 Å². The predicted octanol–water partition coefficient (Wildman–Crippen LogP) is 15.3. The molecular weight excluding hydrogens is 711 g/mol. The van der Waals surface area contributed by atoms with Gasteiger partial charge in [-0.15, -0.1) is 0 Å². The molecule has 59 heavy (non-hydrogen) atoms. The Bertz CT molecular complexity index is 2780. The molecule has 0 N–H and O–H groups in total. The highest BCUT2D eigenvalue weighted by Crippen LogP contribution is 2.63.